The Morgan fingerprint density at radius 1 is 1.19 bits per heavy atom. The molecule has 0 spiro atoms. The molecule has 8 heteroatoms. The van der Waals surface area contributed by atoms with Gasteiger partial charge in [0.15, 0.2) is 17.4 Å². The number of hydrogen-bond donors (Lipinski definition) is 1. The summed E-state index contributed by atoms with van der Waals surface area (Å²) in [5, 5.41) is 3.31. The number of likely N-dealkylation sites (N-methyl/N-ethyl adjacent to an activating group) is 1. The Hall–Kier alpha value is -2.55. The summed E-state index contributed by atoms with van der Waals surface area (Å²) in [4.78, 5) is 15.3. The first-order valence-corrected chi connectivity index (χ1v) is 10.4. The van der Waals surface area contributed by atoms with E-state index in [4.69, 9.17) is 9.47 Å². The second kappa shape index (κ2) is 9.30. The number of anilines is 1. The number of halogens is 2. The minimum absolute atomic E-state index is 0.277. The monoisotopic (exact) mass is 431 g/mol. The van der Waals surface area contributed by atoms with Gasteiger partial charge in [-0.3, -0.25) is 4.79 Å². The second-order valence-corrected chi connectivity index (χ2v) is 7.93. The zero-order chi connectivity index (χ0) is 21.8. The second-order valence-electron chi connectivity index (χ2n) is 7.93. The van der Waals surface area contributed by atoms with Gasteiger partial charge in [0.1, 0.15) is 0 Å². The van der Waals surface area contributed by atoms with Crippen molar-refractivity contribution in [3.8, 4) is 0 Å². The summed E-state index contributed by atoms with van der Waals surface area (Å²) in [5.41, 5.74) is 1.34. The molecule has 31 heavy (non-hydrogen) atoms. The molecule has 2 heterocycles. The highest BCUT2D eigenvalue weighted by Gasteiger charge is 2.52. The van der Waals surface area contributed by atoms with E-state index in [2.05, 4.69) is 5.32 Å². The molecular weight excluding hydrogens is 404 g/mol. The average molecular weight is 431 g/mol. The van der Waals surface area contributed by atoms with E-state index in [9.17, 15) is 13.6 Å². The van der Waals surface area contributed by atoms with Crippen molar-refractivity contribution in [2.24, 2.45) is 0 Å². The van der Waals surface area contributed by atoms with Gasteiger partial charge in [-0.15, -0.1) is 0 Å². The van der Waals surface area contributed by atoms with E-state index in [1.165, 1.54) is 12.1 Å². The summed E-state index contributed by atoms with van der Waals surface area (Å²) in [6.45, 7) is 2.84. The van der Waals surface area contributed by atoms with Crippen LogP contribution in [0.4, 0.5) is 14.5 Å². The molecule has 2 unspecified atom stereocenters. The Morgan fingerprint density at radius 2 is 1.97 bits per heavy atom. The van der Waals surface area contributed by atoms with Crippen molar-refractivity contribution < 1.29 is 23.0 Å². The standard InChI is InChI=1S/C23H27F2N3O3/c1-27-21-12-20(25)19(24)11-18(21)13-23(27,22-14-26-7-8-28(22)16-29)31-10-9-30-15-17-5-3-2-4-6-17/h2-6,11-12,16,22,26H,7-10,13-15H2,1H3. The summed E-state index contributed by atoms with van der Waals surface area (Å²) < 4.78 is 40.0. The van der Waals surface area contributed by atoms with Crippen LogP contribution in [0.15, 0.2) is 42.5 Å². The van der Waals surface area contributed by atoms with Gasteiger partial charge in [0, 0.05) is 44.9 Å². The molecule has 2 aliphatic heterocycles. The largest absolute Gasteiger partial charge is 0.374 e. The highest BCUT2D eigenvalue weighted by molar-refractivity contribution is 5.62. The number of hydrogen-bond acceptors (Lipinski definition) is 5. The van der Waals surface area contributed by atoms with Crippen molar-refractivity contribution >= 4 is 12.1 Å². The Labute approximate surface area is 180 Å². The Kier molecular flexibility index (Phi) is 6.50. The van der Waals surface area contributed by atoms with Gasteiger partial charge in [-0.1, -0.05) is 30.3 Å². The van der Waals surface area contributed by atoms with E-state index in [0.717, 1.165) is 12.0 Å². The molecule has 6 nitrogen and oxygen atoms in total. The van der Waals surface area contributed by atoms with Gasteiger partial charge in [0.25, 0.3) is 0 Å². The zero-order valence-electron chi connectivity index (χ0n) is 17.5. The fourth-order valence-corrected chi connectivity index (χ4v) is 4.52. The molecule has 1 saturated heterocycles. The lowest BCUT2D eigenvalue weighted by Crippen LogP contribution is -2.68. The van der Waals surface area contributed by atoms with Gasteiger partial charge in [-0.25, -0.2) is 8.78 Å². The van der Waals surface area contributed by atoms with Crippen LogP contribution in [-0.2, 0) is 27.3 Å². The van der Waals surface area contributed by atoms with E-state index >= 15 is 0 Å². The number of nitrogens with zero attached hydrogens (tertiary/aromatic N) is 2. The molecule has 2 aromatic rings. The summed E-state index contributed by atoms with van der Waals surface area (Å²) in [6.07, 6.45) is 1.16. The molecule has 4 rings (SSSR count). The third kappa shape index (κ3) is 4.28. The summed E-state index contributed by atoms with van der Waals surface area (Å²) in [6, 6.07) is 11.9. The number of rotatable bonds is 8. The van der Waals surface area contributed by atoms with Crippen molar-refractivity contribution in [2.45, 2.75) is 24.8 Å². The summed E-state index contributed by atoms with van der Waals surface area (Å²) in [5.74, 6) is -1.79. The number of benzene rings is 2. The van der Waals surface area contributed by atoms with Gasteiger partial charge in [-0.05, 0) is 17.2 Å². The SMILES string of the molecule is CN1c2cc(F)c(F)cc2CC1(OCCOCc1ccccc1)C1CNCCN1C=O. The third-order valence-corrected chi connectivity index (χ3v) is 6.13. The van der Waals surface area contributed by atoms with Crippen LogP contribution in [0.25, 0.3) is 0 Å². The lowest BCUT2D eigenvalue weighted by Gasteiger charge is -2.48. The number of nitrogens with one attached hydrogen (secondary N) is 1. The Morgan fingerprint density at radius 3 is 2.74 bits per heavy atom. The van der Waals surface area contributed by atoms with Gasteiger partial charge in [-0.2, -0.15) is 0 Å². The van der Waals surface area contributed by atoms with Crippen molar-refractivity contribution in [1.29, 1.82) is 0 Å². The number of carbonyl (C=O) groups is 1. The summed E-state index contributed by atoms with van der Waals surface area (Å²) in [7, 11) is 1.80. The van der Waals surface area contributed by atoms with E-state index < -0.39 is 17.4 Å². The first-order valence-electron chi connectivity index (χ1n) is 10.4. The highest BCUT2D eigenvalue weighted by atomic mass is 19.2. The van der Waals surface area contributed by atoms with Crippen LogP contribution < -0.4 is 10.2 Å². The number of carbonyl (C=O) groups excluding carboxylic acids is 1. The van der Waals surface area contributed by atoms with E-state index in [0.29, 0.717) is 50.5 Å². The minimum Gasteiger partial charge on any atom is -0.374 e. The number of piperazine rings is 1. The van der Waals surface area contributed by atoms with Gasteiger partial charge < -0.3 is 24.6 Å². The molecule has 0 radical (unpaired) electrons. The zero-order valence-corrected chi connectivity index (χ0v) is 17.5. The highest BCUT2D eigenvalue weighted by Crippen LogP contribution is 2.43. The Balaban J connectivity index is 1.52. The molecule has 1 amide bonds. The van der Waals surface area contributed by atoms with Crippen LogP contribution in [0.1, 0.15) is 11.1 Å². The van der Waals surface area contributed by atoms with E-state index in [1.807, 2.05) is 35.2 Å². The third-order valence-electron chi connectivity index (χ3n) is 6.13. The minimum atomic E-state index is -0.951. The molecule has 2 aromatic carbocycles. The van der Waals surface area contributed by atoms with Gasteiger partial charge >= 0.3 is 0 Å². The van der Waals surface area contributed by atoms with Crippen molar-refractivity contribution in [2.75, 3.05) is 44.8 Å². The maximum Gasteiger partial charge on any atom is 0.210 e. The number of ether oxygens (including phenoxy) is 2. The van der Waals surface area contributed by atoms with E-state index in [-0.39, 0.29) is 12.6 Å². The first-order chi connectivity index (χ1) is 15.0. The van der Waals surface area contributed by atoms with Crippen molar-refractivity contribution in [1.82, 2.24) is 10.2 Å². The predicted octanol–water partition coefficient (Wildman–Crippen LogP) is 2.32. The fourth-order valence-electron chi connectivity index (χ4n) is 4.52. The van der Waals surface area contributed by atoms with Crippen molar-refractivity contribution in [3.05, 3.63) is 65.2 Å². The number of fused-ring (bicyclic) bond motifs is 1. The van der Waals surface area contributed by atoms with E-state index in [1.54, 1.807) is 11.9 Å². The molecule has 0 aromatic heterocycles. The number of amides is 1. The molecule has 1 fully saturated rings. The maximum absolute atomic E-state index is 14.0. The Bertz CT molecular complexity index is 914. The van der Waals surface area contributed by atoms with Crippen LogP contribution in [0, 0.1) is 11.6 Å². The van der Waals surface area contributed by atoms with Crippen LogP contribution in [0.2, 0.25) is 0 Å². The lowest BCUT2D eigenvalue weighted by molar-refractivity contribution is -0.139. The quantitative estimate of drug-likeness (QED) is 0.514. The van der Waals surface area contributed by atoms with Gasteiger partial charge in [0.05, 0.1) is 25.9 Å². The van der Waals surface area contributed by atoms with Crippen LogP contribution in [-0.4, -0.2) is 63.0 Å². The normalized spacial score (nSPS) is 23.1. The first kappa shape index (κ1) is 21.7. The molecular formula is C23H27F2N3O3. The van der Waals surface area contributed by atoms with Crippen LogP contribution in [0.3, 0.4) is 0 Å². The molecule has 0 saturated carbocycles. The van der Waals surface area contributed by atoms with Crippen LogP contribution in [0.5, 0.6) is 0 Å². The predicted molar refractivity (Wildman–Crippen MR) is 113 cm³/mol. The average Bonchev–Trinajstić information content (AvgIpc) is 3.06. The molecule has 2 aliphatic rings. The van der Waals surface area contributed by atoms with Gasteiger partial charge in [0.2, 0.25) is 6.41 Å². The topological polar surface area (TPSA) is 54.0 Å². The molecule has 1 N–H and O–H groups in total. The smallest absolute Gasteiger partial charge is 0.210 e. The van der Waals surface area contributed by atoms with Crippen molar-refractivity contribution in [3.63, 3.8) is 0 Å². The summed E-state index contributed by atoms with van der Waals surface area (Å²) >= 11 is 0. The lowest BCUT2D eigenvalue weighted by atomic mass is 9.95. The molecule has 166 valence electrons. The molecule has 0 aliphatic carbocycles. The molecule has 2 atom stereocenters. The van der Waals surface area contributed by atoms with Crippen LogP contribution >= 0.6 is 0 Å². The fraction of sp³-hybridized carbons (Fsp3) is 0.435. The molecule has 0 bridgehead atoms. The maximum atomic E-state index is 14.0.